The van der Waals surface area contributed by atoms with Gasteiger partial charge in [-0.15, -0.1) is 11.3 Å². The molecule has 3 N–H and O–H groups in total. The van der Waals surface area contributed by atoms with Crippen molar-refractivity contribution >= 4 is 34.9 Å². The van der Waals surface area contributed by atoms with Gasteiger partial charge in [0.15, 0.2) is 0 Å². The Morgan fingerprint density at radius 3 is 2.78 bits per heavy atom. The molecule has 1 aromatic carbocycles. The first kappa shape index (κ1) is 19.4. The molecule has 1 aliphatic heterocycles. The Morgan fingerprint density at radius 2 is 2.07 bits per heavy atom. The van der Waals surface area contributed by atoms with Crippen LogP contribution in [-0.2, 0) is 16.1 Å². The molecular weight excluding hydrogens is 386 g/mol. The number of esters is 1. The molecule has 0 unspecified atom stereocenters. The van der Waals surface area contributed by atoms with Crippen LogP contribution in [0.3, 0.4) is 0 Å². The normalized spacial score (nSPS) is 16.7. The van der Waals surface area contributed by atoms with Crippen molar-refractivity contribution in [2.24, 2.45) is 0 Å². The Labute approximate surface area is 166 Å². The Kier molecular flexibility index (Phi) is 6.49. The first-order chi connectivity index (χ1) is 13.1. The lowest BCUT2D eigenvalue weighted by Gasteiger charge is -2.28. The van der Waals surface area contributed by atoms with Gasteiger partial charge < -0.3 is 20.7 Å². The molecule has 0 saturated heterocycles. The van der Waals surface area contributed by atoms with E-state index in [4.69, 9.17) is 16.3 Å². The number of ether oxygens (including phenoxy) is 1. The molecule has 142 valence electrons. The Hall–Kier alpha value is -2.35. The van der Waals surface area contributed by atoms with Crippen LogP contribution >= 0.6 is 22.9 Å². The van der Waals surface area contributed by atoms with Crippen LogP contribution in [0.25, 0.3) is 0 Å². The van der Waals surface area contributed by atoms with Crippen molar-refractivity contribution in [3.05, 3.63) is 68.5 Å². The number of amides is 2. The number of benzene rings is 1. The van der Waals surface area contributed by atoms with Crippen molar-refractivity contribution in [2.45, 2.75) is 19.5 Å². The summed E-state index contributed by atoms with van der Waals surface area (Å²) in [4.78, 5) is 25.6. The summed E-state index contributed by atoms with van der Waals surface area (Å²) in [7, 11) is 0. The van der Waals surface area contributed by atoms with Crippen molar-refractivity contribution in [2.75, 3.05) is 13.2 Å². The third-order valence-electron chi connectivity index (χ3n) is 4.05. The molecule has 2 heterocycles. The summed E-state index contributed by atoms with van der Waals surface area (Å²) >= 11 is 7.65. The van der Waals surface area contributed by atoms with Crippen LogP contribution in [0.1, 0.15) is 23.4 Å². The standard InChI is InChI=1S/C19H20ClN3O3S/c1-2-26-18(24)16-14(11-21-10-12-6-3-4-7-13(12)20)22-19(25)23-17(16)15-8-5-9-27-15/h3-9,17,21H,2,10-11H2,1H3,(H2,22,23,25)/t17-/m1/s1. The van der Waals surface area contributed by atoms with E-state index in [2.05, 4.69) is 16.0 Å². The molecule has 0 saturated carbocycles. The number of carbonyl (C=O) groups is 2. The van der Waals surface area contributed by atoms with Crippen molar-refractivity contribution in [1.82, 2.24) is 16.0 Å². The molecule has 0 spiro atoms. The minimum atomic E-state index is -0.532. The van der Waals surface area contributed by atoms with Gasteiger partial charge in [-0.25, -0.2) is 9.59 Å². The number of carbonyl (C=O) groups excluding carboxylic acids is 2. The summed E-state index contributed by atoms with van der Waals surface area (Å²) < 4.78 is 5.23. The van der Waals surface area contributed by atoms with Crippen molar-refractivity contribution < 1.29 is 14.3 Å². The fourth-order valence-electron chi connectivity index (χ4n) is 2.84. The molecule has 0 aliphatic carbocycles. The van der Waals surface area contributed by atoms with Gasteiger partial charge in [-0.05, 0) is 30.0 Å². The van der Waals surface area contributed by atoms with E-state index in [1.54, 1.807) is 6.92 Å². The van der Waals surface area contributed by atoms with Gasteiger partial charge in [-0.2, -0.15) is 0 Å². The molecule has 6 nitrogen and oxygen atoms in total. The van der Waals surface area contributed by atoms with Crippen LogP contribution in [0.2, 0.25) is 5.02 Å². The molecule has 8 heteroatoms. The van der Waals surface area contributed by atoms with Gasteiger partial charge in [0, 0.05) is 28.7 Å². The van der Waals surface area contributed by atoms with Crippen LogP contribution in [0.15, 0.2) is 53.0 Å². The number of rotatable bonds is 7. The first-order valence-corrected chi connectivity index (χ1v) is 9.81. The van der Waals surface area contributed by atoms with Crippen molar-refractivity contribution in [1.29, 1.82) is 0 Å². The second-order valence-electron chi connectivity index (χ2n) is 5.85. The van der Waals surface area contributed by atoms with Gasteiger partial charge in [0.1, 0.15) is 0 Å². The van der Waals surface area contributed by atoms with Gasteiger partial charge in [0.2, 0.25) is 0 Å². The van der Waals surface area contributed by atoms with Crippen molar-refractivity contribution in [3.8, 4) is 0 Å². The lowest BCUT2D eigenvalue weighted by atomic mass is 10.0. The highest BCUT2D eigenvalue weighted by molar-refractivity contribution is 7.10. The van der Waals surface area contributed by atoms with E-state index in [9.17, 15) is 9.59 Å². The minimum absolute atomic E-state index is 0.258. The largest absolute Gasteiger partial charge is 0.463 e. The number of thiophene rings is 1. The highest BCUT2D eigenvalue weighted by Crippen LogP contribution is 2.30. The average molecular weight is 406 g/mol. The summed E-state index contributed by atoms with van der Waals surface area (Å²) in [5, 5.41) is 11.3. The zero-order valence-electron chi connectivity index (χ0n) is 14.8. The molecule has 0 fully saturated rings. The zero-order chi connectivity index (χ0) is 19.2. The van der Waals surface area contributed by atoms with Gasteiger partial charge in [0.05, 0.1) is 18.2 Å². The molecule has 0 bridgehead atoms. The lowest BCUT2D eigenvalue weighted by molar-refractivity contribution is -0.139. The SMILES string of the molecule is CCOC(=O)C1=C(CNCc2ccccc2Cl)NC(=O)N[C@@H]1c1cccs1. The highest BCUT2D eigenvalue weighted by Gasteiger charge is 2.34. The smallest absolute Gasteiger partial charge is 0.338 e. The van der Waals surface area contributed by atoms with Gasteiger partial charge in [-0.1, -0.05) is 35.9 Å². The van der Waals surface area contributed by atoms with E-state index >= 15 is 0 Å². The molecule has 2 aromatic rings. The third-order valence-corrected chi connectivity index (χ3v) is 5.36. The van der Waals surface area contributed by atoms with E-state index < -0.39 is 12.0 Å². The van der Waals surface area contributed by atoms with Crippen LogP contribution in [0.4, 0.5) is 4.79 Å². The van der Waals surface area contributed by atoms with Gasteiger partial charge >= 0.3 is 12.0 Å². The number of halogens is 1. The third kappa shape index (κ3) is 4.68. The molecule has 2 amide bonds. The van der Waals surface area contributed by atoms with Crippen LogP contribution in [0.5, 0.6) is 0 Å². The molecule has 1 aromatic heterocycles. The summed E-state index contributed by atoms with van der Waals surface area (Å²) in [5.74, 6) is -0.446. The summed E-state index contributed by atoms with van der Waals surface area (Å²) in [5.41, 5.74) is 1.85. The highest BCUT2D eigenvalue weighted by atomic mass is 35.5. The van der Waals surface area contributed by atoms with Crippen molar-refractivity contribution in [3.63, 3.8) is 0 Å². The quantitative estimate of drug-likeness (QED) is 0.617. The van der Waals surface area contributed by atoms with E-state index in [0.29, 0.717) is 29.4 Å². The maximum atomic E-state index is 12.6. The second kappa shape index (κ2) is 9.03. The summed E-state index contributed by atoms with van der Waals surface area (Å²) in [6.45, 7) is 2.82. The monoisotopic (exact) mass is 405 g/mol. The molecule has 3 rings (SSSR count). The molecule has 1 atom stereocenters. The molecule has 27 heavy (non-hydrogen) atoms. The molecular formula is C19H20ClN3O3S. The maximum Gasteiger partial charge on any atom is 0.338 e. The molecule has 0 radical (unpaired) electrons. The number of urea groups is 1. The Bertz CT molecular complexity index is 852. The van der Waals surface area contributed by atoms with Crippen LogP contribution in [-0.4, -0.2) is 25.2 Å². The predicted molar refractivity (Wildman–Crippen MR) is 106 cm³/mol. The van der Waals surface area contributed by atoms with Crippen LogP contribution < -0.4 is 16.0 Å². The Morgan fingerprint density at radius 1 is 1.26 bits per heavy atom. The fraction of sp³-hybridized carbons (Fsp3) is 0.263. The van der Waals surface area contributed by atoms with Crippen LogP contribution in [0, 0.1) is 0 Å². The zero-order valence-corrected chi connectivity index (χ0v) is 16.3. The number of nitrogens with one attached hydrogen (secondary N) is 3. The van der Waals surface area contributed by atoms with E-state index in [-0.39, 0.29) is 12.6 Å². The van der Waals surface area contributed by atoms with E-state index in [1.807, 2.05) is 41.8 Å². The fourth-order valence-corrected chi connectivity index (χ4v) is 3.83. The maximum absolute atomic E-state index is 12.6. The summed E-state index contributed by atoms with van der Waals surface area (Å²) in [6, 6.07) is 10.4. The molecule has 1 aliphatic rings. The summed E-state index contributed by atoms with van der Waals surface area (Å²) in [6.07, 6.45) is 0. The van der Waals surface area contributed by atoms with E-state index in [1.165, 1.54) is 11.3 Å². The Balaban J connectivity index is 1.84. The number of hydrogen-bond acceptors (Lipinski definition) is 5. The predicted octanol–water partition coefficient (Wildman–Crippen LogP) is 3.36. The van der Waals surface area contributed by atoms with E-state index in [0.717, 1.165) is 10.4 Å². The second-order valence-corrected chi connectivity index (χ2v) is 7.24. The first-order valence-electron chi connectivity index (χ1n) is 8.55. The minimum Gasteiger partial charge on any atom is -0.463 e. The topological polar surface area (TPSA) is 79.5 Å². The number of hydrogen-bond donors (Lipinski definition) is 3. The van der Waals surface area contributed by atoms with Gasteiger partial charge in [0.25, 0.3) is 0 Å². The lowest BCUT2D eigenvalue weighted by Crippen LogP contribution is -2.47. The average Bonchev–Trinajstić information content (AvgIpc) is 3.17. The van der Waals surface area contributed by atoms with Gasteiger partial charge in [-0.3, -0.25) is 0 Å².